The molecule has 1 saturated heterocycles. The highest BCUT2D eigenvalue weighted by atomic mass is 19.1. The van der Waals surface area contributed by atoms with E-state index in [9.17, 15) is 14.4 Å². The van der Waals surface area contributed by atoms with Gasteiger partial charge in [-0.1, -0.05) is 37.8 Å². The van der Waals surface area contributed by atoms with Gasteiger partial charge in [-0.2, -0.15) is 5.26 Å². The Kier molecular flexibility index (Phi) is 8.11. The molecule has 6 nitrogen and oxygen atoms in total. The second kappa shape index (κ2) is 11.2. The maximum absolute atomic E-state index is 13.9. The van der Waals surface area contributed by atoms with Gasteiger partial charge in [0.1, 0.15) is 11.9 Å². The van der Waals surface area contributed by atoms with Gasteiger partial charge in [-0.3, -0.25) is 4.79 Å². The number of carbonyl (C=O) groups is 1. The highest BCUT2D eigenvalue weighted by Crippen LogP contribution is 2.24. The molecule has 180 valence electrons. The molecule has 2 aromatic rings. The molecule has 7 heteroatoms. The lowest BCUT2D eigenvalue weighted by Crippen LogP contribution is -2.58. The van der Waals surface area contributed by atoms with Gasteiger partial charge >= 0.3 is 0 Å². The number of likely N-dealkylation sites (tertiary alicyclic amines) is 1. The molecule has 5 N–H and O–H groups in total. The second-order valence-corrected chi connectivity index (χ2v) is 8.41. The molecule has 0 unspecified atom stereocenters. The lowest BCUT2D eigenvalue weighted by Gasteiger charge is -2.40. The smallest absolute Gasteiger partial charge is 0.249 e. The SMILES string of the molecule is C=C/C=c1/cc(-c2ccc(F)c(C#N)c2)cc(NC2CN(C(=O)/C(=C/C=C(/C)N)CC)C2)/c1=C/N. The Labute approximate surface area is 205 Å². The van der Waals surface area contributed by atoms with Crippen LogP contribution >= 0.6 is 0 Å². The number of hydrogen-bond donors (Lipinski definition) is 3. The van der Waals surface area contributed by atoms with E-state index in [2.05, 4.69) is 11.9 Å². The van der Waals surface area contributed by atoms with Crippen molar-refractivity contribution in [1.82, 2.24) is 4.90 Å². The molecule has 1 amide bonds. The van der Waals surface area contributed by atoms with Crippen LogP contribution < -0.4 is 27.2 Å². The Bertz CT molecular complexity index is 1360. The Balaban J connectivity index is 1.89. The number of nitrogens with two attached hydrogens (primary N) is 2. The van der Waals surface area contributed by atoms with Crippen molar-refractivity contribution in [2.24, 2.45) is 11.5 Å². The number of nitriles is 1. The van der Waals surface area contributed by atoms with E-state index in [0.29, 0.717) is 36.3 Å². The summed E-state index contributed by atoms with van der Waals surface area (Å²) in [6, 6.07) is 10.2. The summed E-state index contributed by atoms with van der Waals surface area (Å²) in [7, 11) is 0. The minimum Gasteiger partial charge on any atom is -0.404 e. The maximum atomic E-state index is 13.9. The first-order valence-corrected chi connectivity index (χ1v) is 11.4. The summed E-state index contributed by atoms with van der Waals surface area (Å²) in [5, 5.41) is 14.3. The number of benzene rings is 2. The third-order valence-corrected chi connectivity index (χ3v) is 5.83. The van der Waals surface area contributed by atoms with Crippen molar-refractivity contribution in [2.75, 3.05) is 18.4 Å². The Hall–Kier alpha value is -4.31. The quantitative estimate of drug-likeness (QED) is 0.425. The molecule has 3 rings (SSSR count). The Morgan fingerprint density at radius 1 is 1.29 bits per heavy atom. The largest absolute Gasteiger partial charge is 0.404 e. The normalized spacial score (nSPS) is 15.5. The fourth-order valence-corrected chi connectivity index (χ4v) is 3.93. The van der Waals surface area contributed by atoms with Crippen LogP contribution in [0.4, 0.5) is 10.1 Å². The summed E-state index contributed by atoms with van der Waals surface area (Å²) in [6.07, 6.45) is 9.17. The van der Waals surface area contributed by atoms with Crippen LogP contribution in [0.3, 0.4) is 0 Å². The third-order valence-electron chi connectivity index (χ3n) is 5.83. The van der Waals surface area contributed by atoms with Gasteiger partial charge in [-0.05, 0) is 60.0 Å². The van der Waals surface area contributed by atoms with Crippen molar-refractivity contribution in [2.45, 2.75) is 26.3 Å². The maximum Gasteiger partial charge on any atom is 0.249 e. The van der Waals surface area contributed by atoms with Crippen molar-refractivity contribution in [3.05, 3.63) is 88.2 Å². The second-order valence-electron chi connectivity index (χ2n) is 8.41. The minimum absolute atomic E-state index is 0.00145. The number of nitrogens with one attached hydrogen (secondary N) is 1. The highest BCUT2D eigenvalue weighted by molar-refractivity contribution is 5.94. The first-order valence-electron chi connectivity index (χ1n) is 11.4. The van der Waals surface area contributed by atoms with Crippen LogP contribution in [0.5, 0.6) is 0 Å². The molecular formula is C28H30FN5O. The Morgan fingerprint density at radius 2 is 2.03 bits per heavy atom. The molecule has 0 spiro atoms. The molecule has 0 aliphatic carbocycles. The molecular weight excluding hydrogens is 441 g/mol. The number of halogens is 1. The average Bonchev–Trinajstić information content (AvgIpc) is 2.81. The van der Waals surface area contributed by atoms with Crippen LogP contribution in [0.25, 0.3) is 23.4 Å². The van der Waals surface area contributed by atoms with Crippen molar-refractivity contribution < 1.29 is 9.18 Å². The molecule has 1 aliphatic rings. The van der Waals surface area contributed by atoms with E-state index in [1.807, 2.05) is 31.2 Å². The number of anilines is 1. The first kappa shape index (κ1) is 25.3. The van der Waals surface area contributed by atoms with Crippen LogP contribution in [-0.2, 0) is 4.79 Å². The molecule has 2 aromatic carbocycles. The molecule has 1 aliphatic heterocycles. The van der Waals surface area contributed by atoms with Gasteiger partial charge in [-0.15, -0.1) is 0 Å². The monoisotopic (exact) mass is 471 g/mol. The van der Waals surface area contributed by atoms with Crippen molar-refractivity contribution >= 4 is 23.9 Å². The van der Waals surface area contributed by atoms with Gasteiger partial charge in [-0.25, -0.2) is 4.39 Å². The van der Waals surface area contributed by atoms with Crippen LogP contribution in [0.15, 0.2) is 66.4 Å². The lowest BCUT2D eigenvalue weighted by molar-refractivity contribution is -0.131. The van der Waals surface area contributed by atoms with E-state index in [-0.39, 0.29) is 17.5 Å². The van der Waals surface area contributed by atoms with Crippen molar-refractivity contribution in [3.8, 4) is 17.2 Å². The third kappa shape index (κ3) is 5.79. The fraction of sp³-hybridized carbons (Fsp3) is 0.214. The summed E-state index contributed by atoms with van der Waals surface area (Å²) in [5.41, 5.74) is 15.3. The highest BCUT2D eigenvalue weighted by Gasteiger charge is 2.31. The summed E-state index contributed by atoms with van der Waals surface area (Å²) in [6.45, 7) is 8.60. The summed E-state index contributed by atoms with van der Waals surface area (Å²) >= 11 is 0. The number of amides is 1. The van der Waals surface area contributed by atoms with Crippen LogP contribution in [0, 0.1) is 17.1 Å². The lowest BCUT2D eigenvalue weighted by atomic mass is 9.99. The van der Waals surface area contributed by atoms with Gasteiger partial charge in [0.05, 0.1) is 11.6 Å². The van der Waals surface area contributed by atoms with Gasteiger partial charge in [0, 0.05) is 41.5 Å². The number of carbonyl (C=O) groups excluding carboxylic acids is 1. The number of hydrogen-bond acceptors (Lipinski definition) is 5. The molecule has 0 saturated carbocycles. The average molecular weight is 472 g/mol. The number of allylic oxidation sites excluding steroid dienone is 4. The predicted octanol–water partition coefficient (Wildman–Crippen LogP) is 2.85. The van der Waals surface area contributed by atoms with E-state index in [1.54, 1.807) is 36.1 Å². The van der Waals surface area contributed by atoms with Crippen molar-refractivity contribution in [1.29, 1.82) is 5.26 Å². The zero-order valence-electron chi connectivity index (χ0n) is 20.0. The first-order chi connectivity index (χ1) is 16.8. The summed E-state index contributed by atoms with van der Waals surface area (Å²) in [4.78, 5) is 14.6. The molecule has 1 fully saturated rings. The number of rotatable bonds is 7. The van der Waals surface area contributed by atoms with Crippen LogP contribution in [0.2, 0.25) is 0 Å². The van der Waals surface area contributed by atoms with Gasteiger partial charge < -0.3 is 21.7 Å². The molecule has 35 heavy (non-hydrogen) atoms. The fourth-order valence-electron chi connectivity index (χ4n) is 3.93. The topological polar surface area (TPSA) is 108 Å². The van der Waals surface area contributed by atoms with E-state index in [1.165, 1.54) is 18.3 Å². The molecule has 0 aromatic heterocycles. The van der Waals surface area contributed by atoms with Crippen molar-refractivity contribution in [3.63, 3.8) is 0 Å². The Morgan fingerprint density at radius 3 is 2.63 bits per heavy atom. The number of nitrogens with zero attached hydrogens (tertiary/aromatic N) is 2. The zero-order chi connectivity index (χ0) is 25.5. The zero-order valence-corrected chi connectivity index (χ0v) is 20.0. The predicted molar refractivity (Wildman–Crippen MR) is 139 cm³/mol. The van der Waals surface area contributed by atoms with E-state index < -0.39 is 5.82 Å². The molecule has 0 radical (unpaired) electrons. The molecule has 0 atom stereocenters. The summed E-state index contributed by atoms with van der Waals surface area (Å²) in [5.74, 6) is -0.560. The standard InChI is InChI=1S/C28H30FN5O/c1-4-6-21-12-22(20-9-10-26(29)23(11-20)14-30)13-27(25(21)15-31)33-24-16-34(17-24)28(35)19(5-2)8-7-18(3)32/h4,6-13,15,24,33H,1,5,16-17,31-32H2,2-3H3/b18-7-,19-8+,21-6-,25-15+. The van der Waals surface area contributed by atoms with Gasteiger partial charge in [0.15, 0.2) is 0 Å². The minimum atomic E-state index is -0.559. The van der Waals surface area contributed by atoms with Crippen LogP contribution in [-0.4, -0.2) is 29.9 Å². The molecule has 1 heterocycles. The van der Waals surface area contributed by atoms with Gasteiger partial charge in [0.25, 0.3) is 0 Å². The van der Waals surface area contributed by atoms with Crippen LogP contribution in [0.1, 0.15) is 25.8 Å². The molecule has 0 bridgehead atoms. The van der Waals surface area contributed by atoms with E-state index >= 15 is 0 Å². The summed E-state index contributed by atoms with van der Waals surface area (Å²) < 4.78 is 13.9. The van der Waals surface area contributed by atoms with Gasteiger partial charge in [0.2, 0.25) is 5.91 Å². The van der Waals surface area contributed by atoms with E-state index in [0.717, 1.165) is 21.7 Å². The van der Waals surface area contributed by atoms with E-state index in [4.69, 9.17) is 11.5 Å².